The molecule has 1 atom stereocenters. The van der Waals surface area contributed by atoms with Crippen LogP contribution in [0.15, 0.2) is 12.2 Å². The molecule has 1 saturated heterocycles. The topological polar surface area (TPSA) is 46.6 Å². The van der Waals surface area contributed by atoms with Crippen LogP contribution in [0.25, 0.3) is 0 Å². The van der Waals surface area contributed by atoms with Crippen molar-refractivity contribution in [1.82, 2.24) is 4.90 Å². The summed E-state index contributed by atoms with van der Waals surface area (Å²) in [5, 5.41) is 0. The summed E-state index contributed by atoms with van der Waals surface area (Å²) in [6, 6.07) is -0.458. The minimum absolute atomic E-state index is 0.374. The minimum Gasteiger partial charge on any atom is -0.467 e. The maximum Gasteiger partial charge on any atom is 0.328 e. The summed E-state index contributed by atoms with van der Waals surface area (Å²) in [7, 11) is 1.31. The van der Waals surface area contributed by atoms with Gasteiger partial charge in [-0.2, -0.15) is 0 Å². The van der Waals surface area contributed by atoms with Gasteiger partial charge in [-0.3, -0.25) is 4.79 Å². The number of carbonyl (C=O) groups excluding carboxylic acids is 2. The second-order valence-corrected chi connectivity index (χ2v) is 2.77. The fourth-order valence-corrected chi connectivity index (χ4v) is 1.29. The Labute approximate surface area is 70.8 Å². The highest BCUT2D eigenvalue weighted by Gasteiger charge is 2.32. The highest BCUT2D eigenvalue weighted by Crippen LogP contribution is 2.19. The molecule has 0 aliphatic carbocycles. The van der Waals surface area contributed by atoms with E-state index in [1.54, 1.807) is 0 Å². The van der Waals surface area contributed by atoms with Crippen LogP contribution < -0.4 is 0 Å². The Balaban J connectivity index is 2.69. The van der Waals surface area contributed by atoms with Crippen LogP contribution in [0.4, 0.5) is 0 Å². The van der Waals surface area contributed by atoms with Gasteiger partial charge in [-0.05, 0) is 0 Å². The minimum atomic E-state index is -0.458. The van der Waals surface area contributed by atoms with E-state index in [9.17, 15) is 9.59 Å². The van der Waals surface area contributed by atoms with E-state index in [1.807, 2.05) is 0 Å². The molecule has 4 heteroatoms. The van der Waals surface area contributed by atoms with Crippen LogP contribution in [0, 0.1) is 0 Å². The van der Waals surface area contributed by atoms with Crippen LogP contribution in [0.3, 0.4) is 0 Å². The number of hydrogen-bond acceptors (Lipinski definition) is 3. The summed E-state index contributed by atoms with van der Waals surface area (Å²) in [5.74, 6) is -0.374. The largest absolute Gasteiger partial charge is 0.467 e. The predicted molar refractivity (Wildman–Crippen MR) is 42.3 cm³/mol. The summed E-state index contributed by atoms with van der Waals surface area (Å²) in [6.45, 7) is 4.17. The Morgan fingerprint density at radius 2 is 2.50 bits per heavy atom. The van der Waals surface area contributed by atoms with Crippen molar-refractivity contribution in [3.63, 3.8) is 0 Å². The monoisotopic (exact) mass is 169 g/mol. The molecule has 1 rings (SSSR count). The number of esters is 1. The Morgan fingerprint density at radius 1 is 1.83 bits per heavy atom. The van der Waals surface area contributed by atoms with Gasteiger partial charge in [0.05, 0.1) is 7.11 Å². The van der Waals surface area contributed by atoms with Crippen LogP contribution in [-0.2, 0) is 14.3 Å². The molecule has 0 aromatic heterocycles. The first kappa shape index (κ1) is 8.77. The van der Waals surface area contributed by atoms with Gasteiger partial charge in [-0.15, -0.1) is 0 Å². The normalized spacial score (nSPS) is 22.6. The number of ether oxygens (including phenoxy) is 1. The number of hydrogen-bond donors (Lipinski definition) is 0. The molecule has 1 aliphatic rings. The zero-order chi connectivity index (χ0) is 9.14. The lowest BCUT2D eigenvalue weighted by Crippen LogP contribution is -2.35. The third-order valence-electron chi connectivity index (χ3n) is 1.90. The van der Waals surface area contributed by atoms with Crippen LogP contribution in [-0.4, -0.2) is 37.0 Å². The summed E-state index contributed by atoms with van der Waals surface area (Å²) in [4.78, 5) is 22.9. The lowest BCUT2D eigenvalue weighted by atomic mass is 10.2. The molecule has 12 heavy (non-hydrogen) atoms. The van der Waals surface area contributed by atoms with Gasteiger partial charge in [0, 0.05) is 13.0 Å². The van der Waals surface area contributed by atoms with E-state index in [1.165, 1.54) is 12.0 Å². The van der Waals surface area contributed by atoms with E-state index in [0.717, 1.165) is 5.57 Å². The molecule has 0 bridgehead atoms. The predicted octanol–water partition coefficient (Wildman–Crippen LogP) is -0.0537. The van der Waals surface area contributed by atoms with Crippen molar-refractivity contribution in [3.05, 3.63) is 12.2 Å². The number of amides is 1. The number of carbonyl (C=O) groups is 2. The quantitative estimate of drug-likeness (QED) is 0.330. The van der Waals surface area contributed by atoms with Gasteiger partial charge in [0.15, 0.2) is 0 Å². The molecule has 0 unspecified atom stereocenters. The van der Waals surface area contributed by atoms with Crippen LogP contribution >= 0.6 is 0 Å². The smallest absolute Gasteiger partial charge is 0.328 e. The van der Waals surface area contributed by atoms with E-state index in [4.69, 9.17) is 0 Å². The highest BCUT2D eigenvalue weighted by atomic mass is 16.5. The van der Waals surface area contributed by atoms with Gasteiger partial charge in [0.1, 0.15) is 6.04 Å². The number of methoxy groups -OCH3 is 1. The van der Waals surface area contributed by atoms with Crippen LogP contribution in [0.5, 0.6) is 0 Å². The molecule has 0 N–H and O–H groups in total. The second-order valence-electron chi connectivity index (χ2n) is 2.77. The van der Waals surface area contributed by atoms with Crippen molar-refractivity contribution >= 4 is 12.4 Å². The molecule has 1 aliphatic heterocycles. The lowest BCUT2D eigenvalue weighted by Gasteiger charge is -2.15. The Hall–Kier alpha value is -1.32. The number of likely N-dealkylation sites (tertiary alicyclic amines) is 1. The molecule has 66 valence electrons. The summed E-state index contributed by atoms with van der Waals surface area (Å²) < 4.78 is 4.53. The third kappa shape index (κ3) is 1.47. The summed E-state index contributed by atoms with van der Waals surface area (Å²) >= 11 is 0. The summed E-state index contributed by atoms with van der Waals surface area (Å²) in [5.41, 5.74) is 0.887. The Morgan fingerprint density at radius 3 is 3.00 bits per heavy atom. The fraction of sp³-hybridized carbons (Fsp3) is 0.500. The van der Waals surface area contributed by atoms with Crippen molar-refractivity contribution in [1.29, 1.82) is 0 Å². The Kier molecular flexibility index (Phi) is 2.47. The van der Waals surface area contributed by atoms with E-state index in [0.29, 0.717) is 19.4 Å². The second kappa shape index (κ2) is 3.38. The van der Waals surface area contributed by atoms with Gasteiger partial charge in [0.25, 0.3) is 0 Å². The van der Waals surface area contributed by atoms with Crippen LogP contribution in [0.1, 0.15) is 6.42 Å². The van der Waals surface area contributed by atoms with Crippen molar-refractivity contribution in [2.24, 2.45) is 0 Å². The molecule has 1 heterocycles. The molecule has 0 radical (unpaired) electrons. The molecular formula is C8H11NO3. The van der Waals surface area contributed by atoms with Gasteiger partial charge >= 0.3 is 5.97 Å². The first-order chi connectivity index (χ1) is 5.69. The SMILES string of the molecule is C=C1C[C@@H](C(=O)OC)N(C=O)C1. The molecular weight excluding hydrogens is 158 g/mol. The molecule has 0 aromatic carbocycles. The van der Waals surface area contributed by atoms with Gasteiger partial charge in [0.2, 0.25) is 6.41 Å². The summed E-state index contributed by atoms with van der Waals surface area (Å²) in [6.07, 6.45) is 1.17. The third-order valence-corrected chi connectivity index (χ3v) is 1.90. The number of rotatable bonds is 2. The van der Waals surface area contributed by atoms with E-state index in [2.05, 4.69) is 11.3 Å². The lowest BCUT2D eigenvalue weighted by molar-refractivity contribution is -0.148. The van der Waals surface area contributed by atoms with E-state index >= 15 is 0 Å². The molecule has 0 saturated carbocycles. The average Bonchev–Trinajstić information content (AvgIpc) is 2.45. The zero-order valence-corrected chi connectivity index (χ0v) is 6.95. The zero-order valence-electron chi connectivity index (χ0n) is 6.95. The van der Waals surface area contributed by atoms with Crippen LogP contribution in [0.2, 0.25) is 0 Å². The average molecular weight is 169 g/mol. The maximum atomic E-state index is 11.1. The van der Waals surface area contributed by atoms with E-state index < -0.39 is 6.04 Å². The first-order valence-corrected chi connectivity index (χ1v) is 3.64. The van der Waals surface area contributed by atoms with Gasteiger partial charge in [-0.25, -0.2) is 4.79 Å². The molecule has 1 fully saturated rings. The van der Waals surface area contributed by atoms with Crippen molar-refractivity contribution in [2.75, 3.05) is 13.7 Å². The van der Waals surface area contributed by atoms with Crippen molar-refractivity contribution in [2.45, 2.75) is 12.5 Å². The maximum absolute atomic E-state index is 11.1. The molecule has 4 nitrogen and oxygen atoms in total. The standard InChI is InChI=1S/C8H11NO3/c1-6-3-7(8(11)12-2)9(4-6)5-10/h5,7H,1,3-4H2,2H3/t7-/m0/s1. The van der Waals surface area contributed by atoms with E-state index in [-0.39, 0.29) is 5.97 Å². The Bertz CT molecular complexity index is 224. The van der Waals surface area contributed by atoms with Gasteiger partial charge in [-0.1, -0.05) is 12.2 Å². The first-order valence-electron chi connectivity index (χ1n) is 3.64. The fourth-order valence-electron chi connectivity index (χ4n) is 1.29. The molecule has 0 aromatic rings. The van der Waals surface area contributed by atoms with Crippen molar-refractivity contribution < 1.29 is 14.3 Å². The van der Waals surface area contributed by atoms with Gasteiger partial charge < -0.3 is 9.64 Å². The number of nitrogens with zero attached hydrogens (tertiary/aromatic N) is 1. The highest BCUT2D eigenvalue weighted by molar-refractivity contribution is 5.79. The molecule has 0 spiro atoms. The van der Waals surface area contributed by atoms with Crippen molar-refractivity contribution in [3.8, 4) is 0 Å². The molecule has 1 amide bonds.